The highest BCUT2D eigenvalue weighted by Gasteiger charge is 2.19. The number of unbranched alkanes of at least 4 members (excludes halogenated alkanes) is 33. The maximum atomic E-state index is 12.9. The van der Waals surface area contributed by atoms with E-state index in [0.29, 0.717) is 19.3 Å². The lowest BCUT2D eigenvalue weighted by Gasteiger charge is -2.18. The maximum Gasteiger partial charge on any atom is 0.306 e. The van der Waals surface area contributed by atoms with E-state index in [2.05, 4.69) is 130 Å². The van der Waals surface area contributed by atoms with Crippen LogP contribution in [0.4, 0.5) is 0 Å². The zero-order chi connectivity index (χ0) is 58.5. The summed E-state index contributed by atoms with van der Waals surface area (Å²) in [4.78, 5) is 38.4. The monoisotopic (exact) mass is 1120 g/mol. The molecule has 0 aliphatic rings. The summed E-state index contributed by atoms with van der Waals surface area (Å²) in [7, 11) is 0. The average Bonchev–Trinajstić information content (AvgIpc) is 3.47. The van der Waals surface area contributed by atoms with Gasteiger partial charge < -0.3 is 14.2 Å². The van der Waals surface area contributed by atoms with Crippen LogP contribution in [-0.4, -0.2) is 37.2 Å². The van der Waals surface area contributed by atoms with Crippen LogP contribution in [0.1, 0.15) is 329 Å². The molecule has 0 aromatic rings. The molecule has 6 heteroatoms. The van der Waals surface area contributed by atoms with E-state index in [0.717, 1.165) is 128 Å². The first-order valence-corrected chi connectivity index (χ1v) is 34.4. The first-order valence-electron chi connectivity index (χ1n) is 34.4. The van der Waals surface area contributed by atoms with Gasteiger partial charge in [0.1, 0.15) is 13.2 Å². The number of rotatable bonds is 62. The molecule has 464 valence electrons. The molecule has 0 aliphatic heterocycles. The Morgan fingerprint density at radius 1 is 0.259 bits per heavy atom. The number of ether oxygens (including phenoxy) is 3. The lowest BCUT2D eigenvalue weighted by atomic mass is 10.0. The highest BCUT2D eigenvalue weighted by molar-refractivity contribution is 5.71. The fourth-order valence-electron chi connectivity index (χ4n) is 9.63. The van der Waals surface area contributed by atoms with E-state index < -0.39 is 6.10 Å². The molecule has 0 amide bonds. The smallest absolute Gasteiger partial charge is 0.306 e. The third-order valence-corrected chi connectivity index (χ3v) is 14.8. The van der Waals surface area contributed by atoms with E-state index in [1.165, 1.54) is 161 Å². The first kappa shape index (κ1) is 77.1. The van der Waals surface area contributed by atoms with E-state index in [1.807, 2.05) is 0 Å². The third kappa shape index (κ3) is 66.8. The van der Waals surface area contributed by atoms with E-state index in [-0.39, 0.29) is 31.1 Å². The summed E-state index contributed by atoms with van der Waals surface area (Å²) in [5, 5.41) is 0. The Labute approximate surface area is 501 Å². The molecule has 0 spiro atoms. The maximum absolute atomic E-state index is 12.9. The molecule has 1 unspecified atom stereocenters. The molecule has 0 bridgehead atoms. The Kier molecular flexibility index (Phi) is 65.2. The minimum absolute atomic E-state index is 0.0844. The second kappa shape index (κ2) is 68.6. The van der Waals surface area contributed by atoms with Crippen molar-refractivity contribution in [1.82, 2.24) is 0 Å². The van der Waals surface area contributed by atoms with Gasteiger partial charge in [0, 0.05) is 19.3 Å². The Balaban J connectivity index is 4.33. The van der Waals surface area contributed by atoms with E-state index in [1.54, 1.807) is 0 Å². The number of hydrogen-bond acceptors (Lipinski definition) is 6. The summed E-state index contributed by atoms with van der Waals surface area (Å²) < 4.78 is 16.9. The van der Waals surface area contributed by atoms with E-state index in [4.69, 9.17) is 14.2 Å². The zero-order valence-corrected chi connectivity index (χ0v) is 53.3. The Morgan fingerprint density at radius 2 is 0.481 bits per heavy atom. The van der Waals surface area contributed by atoms with Crippen molar-refractivity contribution in [3.05, 3.63) is 109 Å². The largest absolute Gasteiger partial charge is 0.462 e. The Bertz CT molecular complexity index is 1620. The molecule has 0 saturated carbocycles. The van der Waals surface area contributed by atoms with Crippen LogP contribution in [0.15, 0.2) is 109 Å². The van der Waals surface area contributed by atoms with Crippen molar-refractivity contribution in [3.8, 4) is 0 Å². The van der Waals surface area contributed by atoms with Crippen LogP contribution >= 0.6 is 0 Å². The van der Waals surface area contributed by atoms with Crippen molar-refractivity contribution in [2.75, 3.05) is 13.2 Å². The predicted octanol–water partition coefficient (Wildman–Crippen LogP) is 23.8. The molecule has 0 heterocycles. The number of hydrogen-bond donors (Lipinski definition) is 0. The summed E-state index contributed by atoms with van der Waals surface area (Å²) in [5.74, 6) is -0.893. The summed E-state index contributed by atoms with van der Waals surface area (Å²) in [5.41, 5.74) is 0. The fourth-order valence-corrected chi connectivity index (χ4v) is 9.63. The van der Waals surface area contributed by atoms with Crippen molar-refractivity contribution in [3.63, 3.8) is 0 Å². The van der Waals surface area contributed by atoms with Crippen LogP contribution in [-0.2, 0) is 28.6 Å². The molecule has 0 radical (unpaired) electrons. The van der Waals surface area contributed by atoms with Crippen molar-refractivity contribution >= 4 is 17.9 Å². The second-order valence-corrected chi connectivity index (χ2v) is 22.7. The van der Waals surface area contributed by atoms with Gasteiger partial charge in [-0.2, -0.15) is 0 Å². The molecule has 1 atom stereocenters. The lowest BCUT2D eigenvalue weighted by Crippen LogP contribution is -2.30. The first-order chi connectivity index (χ1) is 40.0. The van der Waals surface area contributed by atoms with Gasteiger partial charge in [-0.3, -0.25) is 14.4 Å². The molecule has 0 rings (SSSR count). The summed E-state index contributed by atoms with van der Waals surface area (Å²) in [6, 6.07) is 0. The van der Waals surface area contributed by atoms with E-state index >= 15 is 0 Å². The predicted molar refractivity (Wildman–Crippen MR) is 353 cm³/mol. The van der Waals surface area contributed by atoms with Gasteiger partial charge in [-0.05, 0) is 109 Å². The van der Waals surface area contributed by atoms with Gasteiger partial charge in [0.05, 0.1) is 0 Å². The number of carbonyl (C=O) groups excluding carboxylic acids is 3. The lowest BCUT2D eigenvalue weighted by molar-refractivity contribution is -0.167. The Morgan fingerprint density at radius 3 is 0.765 bits per heavy atom. The summed E-state index contributed by atoms with van der Waals surface area (Å²) in [6.45, 7) is 6.53. The molecule has 0 N–H and O–H groups in total. The van der Waals surface area contributed by atoms with Gasteiger partial charge in [-0.25, -0.2) is 0 Å². The van der Waals surface area contributed by atoms with Gasteiger partial charge in [-0.1, -0.05) is 310 Å². The van der Waals surface area contributed by atoms with Gasteiger partial charge >= 0.3 is 17.9 Å². The standard InChI is InChI=1S/C75H128O6/c1-4-7-10-13-16-19-22-25-28-30-32-33-34-35-36-37-38-39-40-41-42-43-44-46-47-50-53-56-59-62-65-68-74(77)80-71-72(70-79-73(76)67-64-61-58-55-52-49-27-24-21-18-15-12-9-6-3)81-75(78)69-66-63-60-57-54-51-48-45-31-29-26-23-20-17-14-11-8-5-2/h7,10,16,19,24-25,27-28,32-33,35-36,38-39,41-42,44,46,72H,4-6,8-9,11-15,17-18,20-23,26,29-31,34,37,40,43,45,47-71H2,1-3H3/b10-7-,19-16-,27-24-,28-25-,33-32-,36-35-,39-38-,42-41-,46-44-. The SMILES string of the molecule is CC/C=C\C/C=C\C/C=C\C/C=C\C/C=C\C/C=C\C/C=C\C/C=C\CCCCCCCCC(=O)OCC(COC(=O)CCCCCCC/C=C\CCCCCCC)OC(=O)CCCCCCCCCCCCCCCCCCCC. The van der Waals surface area contributed by atoms with Crippen LogP contribution < -0.4 is 0 Å². The Hall–Kier alpha value is -3.93. The van der Waals surface area contributed by atoms with Crippen LogP contribution in [0.3, 0.4) is 0 Å². The van der Waals surface area contributed by atoms with Crippen molar-refractivity contribution in [2.45, 2.75) is 335 Å². The van der Waals surface area contributed by atoms with Crippen LogP contribution in [0.2, 0.25) is 0 Å². The fraction of sp³-hybridized carbons (Fsp3) is 0.720. The molecule has 6 nitrogen and oxygen atoms in total. The van der Waals surface area contributed by atoms with Gasteiger partial charge in [0.2, 0.25) is 0 Å². The number of allylic oxidation sites excluding steroid dienone is 18. The molecule has 0 aromatic heterocycles. The molecule has 0 saturated heterocycles. The normalized spacial score (nSPS) is 12.8. The highest BCUT2D eigenvalue weighted by atomic mass is 16.6. The minimum Gasteiger partial charge on any atom is -0.462 e. The molecular weight excluding hydrogens is 997 g/mol. The van der Waals surface area contributed by atoms with Crippen LogP contribution in [0.25, 0.3) is 0 Å². The topological polar surface area (TPSA) is 78.9 Å². The van der Waals surface area contributed by atoms with Crippen molar-refractivity contribution in [1.29, 1.82) is 0 Å². The second-order valence-electron chi connectivity index (χ2n) is 22.7. The van der Waals surface area contributed by atoms with Crippen LogP contribution in [0.5, 0.6) is 0 Å². The van der Waals surface area contributed by atoms with Crippen molar-refractivity contribution < 1.29 is 28.6 Å². The number of carbonyl (C=O) groups is 3. The molecule has 0 aliphatic carbocycles. The van der Waals surface area contributed by atoms with Gasteiger partial charge in [0.15, 0.2) is 6.10 Å². The van der Waals surface area contributed by atoms with Gasteiger partial charge in [-0.15, -0.1) is 0 Å². The third-order valence-electron chi connectivity index (χ3n) is 14.8. The minimum atomic E-state index is -0.788. The number of esters is 3. The molecular formula is C75H128O6. The van der Waals surface area contributed by atoms with Crippen molar-refractivity contribution in [2.24, 2.45) is 0 Å². The van der Waals surface area contributed by atoms with E-state index in [9.17, 15) is 14.4 Å². The quantitative estimate of drug-likeness (QED) is 0.0261. The average molecular weight is 1130 g/mol. The molecule has 0 aromatic carbocycles. The summed E-state index contributed by atoms with van der Waals surface area (Å²) >= 11 is 0. The molecule has 81 heavy (non-hydrogen) atoms. The van der Waals surface area contributed by atoms with Crippen LogP contribution in [0, 0.1) is 0 Å². The van der Waals surface area contributed by atoms with Gasteiger partial charge in [0.25, 0.3) is 0 Å². The summed E-state index contributed by atoms with van der Waals surface area (Å²) in [6.07, 6.45) is 93.9. The highest BCUT2D eigenvalue weighted by Crippen LogP contribution is 2.17. The zero-order valence-electron chi connectivity index (χ0n) is 53.3. The molecule has 0 fully saturated rings.